The molecule has 0 aliphatic heterocycles. The summed E-state index contributed by atoms with van der Waals surface area (Å²) in [7, 11) is 2.06. The van der Waals surface area contributed by atoms with E-state index in [2.05, 4.69) is 58.9 Å². The molecule has 0 aliphatic carbocycles. The van der Waals surface area contributed by atoms with Gasteiger partial charge in [0.25, 0.3) is 0 Å². The van der Waals surface area contributed by atoms with Crippen LogP contribution in [0.2, 0.25) is 0 Å². The largest absolute Gasteiger partial charge is 0.349 e. The van der Waals surface area contributed by atoms with Crippen LogP contribution in [0.25, 0.3) is 10.9 Å². The van der Waals surface area contributed by atoms with Gasteiger partial charge < -0.3 is 4.57 Å². The highest BCUT2D eigenvalue weighted by atomic mass is 79.9. The van der Waals surface area contributed by atoms with Gasteiger partial charge in [-0.25, -0.2) is 0 Å². The number of nitrogens with zero attached hydrogens (tertiary/aromatic N) is 1. The van der Waals surface area contributed by atoms with E-state index in [4.69, 9.17) is 0 Å². The lowest BCUT2D eigenvalue weighted by atomic mass is 10.2. The fraction of sp³-hybridized carbons (Fsp3) is 0.200. The summed E-state index contributed by atoms with van der Waals surface area (Å²) in [6, 6.07) is 6.48. The summed E-state index contributed by atoms with van der Waals surface area (Å²) in [5, 5.41) is 1.29. The maximum Gasteiger partial charge on any atom is 0.0489 e. The van der Waals surface area contributed by atoms with Gasteiger partial charge in [-0.2, -0.15) is 0 Å². The maximum atomic E-state index is 3.53. The number of rotatable bonds is 0. The van der Waals surface area contributed by atoms with Gasteiger partial charge in [0.05, 0.1) is 0 Å². The average Bonchev–Trinajstić information content (AvgIpc) is 2.28. The zero-order chi connectivity index (χ0) is 8.72. The highest BCUT2D eigenvalue weighted by molar-refractivity contribution is 9.10. The summed E-state index contributed by atoms with van der Waals surface area (Å²) in [6.45, 7) is 2.11. The van der Waals surface area contributed by atoms with Crippen molar-refractivity contribution < 1.29 is 0 Å². The maximum absolute atomic E-state index is 3.53. The first-order valence-electron chi connectivity index (χ1n) is 3.89. The first-order valence-corrected chi connectivity index (χ1v) is 4.69. The van der Waals surface area contributed by atoms with Crippen molar-refractivity contribution in [3.63, 3.8) is 0 Å². The lowest BCUT2D eigenvalue weighted by Gasteiger charge is -1.96. The monoisotopic (exact) mass is 223 g/mol. The van der Waals surface area contributed by atoms with Crippen molar-refractivity contribution in [1.82, 2.24) is 4.57 Å². The van der Waals surface area contributed by atoms with Gasteiger partial charge in [0.1, 0.15) is 0 Å². The van der Waals surface area contributed by atoms with Gasteiger partial charge >= 0.3 is 0 Å². The summed E-state index contributed by atoms with van der Waals surface area (Å²) >= 11 is 3.53. The number of aromatic nitrogens is 1. The Hall–Kier alpha value is -0.760. The standard InChI is InChI=1S/C10H10BrN/c1-7-3-4-10-8(5-7)9(11)6-12(10)2/h3-6H,1-2H3. The van der Waals surface area contributed by atoms with Gasteiger partial charge in [-0.05, 0) is 35.0 Å². The number of benzene rings is 1. The number of fused-ring (bicyclic) bond motifs is 1. The molecule has 1 aromatic carbocycles. The van der Waals surface area contributed by atoms with Crippen molar-refractivity contribution in [3.05, 3.63) is 34.4 Å². The molecular formula is C10H10BrN. The molecular weight excluding hydrogens is 214 g/mol. The average molecular weight is 224 g/mol. The third kappa shape index (κ3) is 1.07. The van der Waals surface area contributed by atoms with E-state index in [1.54, 1.807) is 0 Å². The molecule has 0 amide bonds. The number of hydrogen-bond acceptors (Lipinski definition) is 0. The topological polar surface area (TPSA) is 4.93 Å². The molecule has 0 N–H and O–H groups in total. The van der Waals surface area contributed by atoms with Gasteiger partial charge in [0, 0.05) is 28.6 Å². The molecule has 1 aromatic heterocycles. The Bertz CT molecular complexity index is 429. The molecule has 1 nitrogen and oxygen atoms in total. The van der Waals surface area contributed by atoms with E-state index in [9.17, 15) is 0 Å². The van der Waals surface area contributed by atoms with E-state index < -0.39 is 0 Å². The van der Waals surface area contributed by atoms with Crippen LogP contribution < -0.4 is 0 Å². The van der Waals surface area contributed by atoms with E-state index in [0.717, 1.165) is 0 Å². The Kier molecular flexibility index (Phi) is 1.72. The van der Waals surface area contributed by atoms with Crippen LogP contribution in [-0.2, 0) is 7.05 Å². The summed E-state index contributed by atoms with van der Waals surface area (Å²) in [6.07, 6.45) is 2.09. The summed E-state index contributed by atoms with van der Waals surface area (Å²) in [4.78, 5) is 0. The molecule has 62 valence electrons. The third-order valence-corrected chi connectivity index (χ3v) is 2.73. The van der Waals surface area contributed by atoms with Crippen molar-refractivity contribution in [2.24, 2.45) is 7.05 Å². The van der Waals surface area contributed by atoms with E-state index in [1.807, 2.05) is 0 Å². The third-order valence-electron chi connectivity index (χ3n) is 2.10. The lowest BCUT2D eigenvalue weighted by molar-refractivity contribution is 0.966. The molecule has 0 aliphatic rings. The fourth-order valence-electron chi connectivity index (χ4n) is 1.46. The molecule has 0 fully saturated rings. The summed E-state index contributed by atoms with van der Waals surface area (Å²) < 4.78 is 3.29. The molecule has 12 heavy (non-hydrogen) atoms. The predicted molar refractivity (Wildman–Crippen MR) is 55.4 cm³/mol. The van der Waals surface area contributed by atoms with Crippen LogP contribution in [0.15, 0.2) is 28.9 Å². The van der Waals surface area contributed by atoms with Gasteiger partial charge in [0.2, 0.25) is 0 Å². The van der Waals surface area contributed by atoms with Crippen LogP contribution in [0.1, 0.15) is 5.56 Å². The number of aryl methyl sites for hydroxylation is 2. The molecule has 0 saturated heterocycles. The molecule has 0 bridgehead atoms. The fourth-order valence-corrected chi connectivity index (χ4v) is 2.08. The highest BCUT2D eigenvalue weighted by Gasteiger charge is 2.02. The summed E-state index contributed by atoms with van der Waals surface area (Å²) in [5.74, 6) is 0. The molecule has 2 heteroatoms. The molecule has 0 atom stereocenters. The van der Waals surface area contributed by atoms with Crippen molar-refractivity contribution in [3.8, 4) is 0 Å². The molecule has 0 radical (unpaired) electrons. The molecule has 0 saturated carbocycles. The van der Waals surface area contributed by atoms with Gasteiger partial charge in [-0.3, -0.25) is 0 Å². The Morgan fingerprint density at radius 1 is 1.33 bits per heavy atom. The molecule has 0 spiro atoms. The normalized spacial score (nSPS) is 10.9. The minimum Gasteiger partial charge on any atom is -0.349 e. The zero-order valence-electron chi connectivity index (χ0n) is 7.13. The van der Waals surface area contributed by atoms with Crippen molar-refractivity contribution in [2.75, 3.05) is 0 Å². The number of halogens is 1. The second-order valence-corrected chi connectivity index (χ2v) is 3.96. The molecule has 2 aromatic rings. The first kappa shape index (κ1) is 7.87. The van der Waals surface area contributed by atoms with Crippen LogP contribution in [-0.4, -0.2) is 4.57 Å². The van der Waals surface area contributed by atoms with E-state index in [0.29, 0.717) is 0 Å². The Morgan fingerprint density at radius 3 is 2.83 bits per heavy atom. The van der Waals surface area contributed by atoms with Crippen LogP contribution in [0, 0.1) is 6.92 Å². The number of hydrogen-bond donors (Lipinski definition) is 0. The van der Waals surface area contributed by atoms with Gasteiger partial charge in [-0.1, -0.05) is 11.6 Å². The van der Waals surface area contributed by atoms with Crippen LogP contribution in [0.5, 0.6) is 0 Å². The van der Waals surface area contributed by atoms with Crippen LogP contribution >= 0.6 is 15.9 Å². The predicted octanol–water partition coefficient (Wildman–Crippen LogP) is 3.25. The van der Waals surface area contributed by atoms with Gasteiger partial charge in [0.15, 0.2) is 0 Å². The minimum atomic E-state index is 1.17. The van der Waals surface area contributed by atoms with Crippen LogP contribution in [0.3, 0.4) is 0 Å². The van der Waals surface area contributed by atoms with E-state index in [-0.39, 0.29) is 0 Å². The van der Waals surface area contributed by atoms with Crippen molar-refractivity contribution in [1.29, 1.82) is 0 Å². The molecule has 1 heterocycles. The molecule has 0 unspecified atom stereocenters. The Morgan fingerprint density at radius 2 is 2.08 bits per heavy atom. The van der Waals surface area contributed by atoms with Crippen molar-refractivity contribution in [2.45, 2.75) is 6.92 Å². The van der Waals surface area contributed by atoms with Gasteiger partial charge in [-0.15, -0.1) is 0 Å². The second-order valence-electron chi connectivity index (χ2n) is 3.11. The minimum absolute atomic E-state index is 1.17. The molecule has 2 rings (SSSR count). The Balaban J connectivity index is 2.90. The Labute approximate surface area is 80.1 Å². The van der Waals surface area contributed by atoms with Crippen LogP contribution in [0.4, 0.5) is 0 Å². The summed E-state index contributed by atoms with van der Waals surface area (Å²) in [5.41, 5.74) is 2.57. The van der Waals surface area contributed by atoms with E-state index >= 15 is 0 Å². The lowest BCUT2D eigenvalue weighted by Crippen LogP contribution is -1.82. The second kappa shape index (κ2) is 2.63. The SMILES string of the molecule is Cc1ccc2c(c1)c(Br)cn2C. The highest BCUT2D eigenvalue weighted by Crippen LogP contribution is 2.25. The zero-order valence-corrected chi connectivity index (χ0v) is 8.72. The van der Waals surface area contributed by atoms with E-state index in [1.165, 1.54) is 20.9 Å². The first-order chi connectivity index (χ1) is 5.68. The quantitative estimate of drug-likeness (QED) is 0.647. The smallest absolute Gasteiger partial charge is 0.0489 e. The van der Waals surface area contributed by atoms with Crippen molar-refractivity contribution >= 4 is 26.8 Å².